The molecule has 1 N–H and O–H groups in total. The summed E-state index contributed by atoms with van der Waals surface area (Å²) in [6.45, 7) is 0. The fourth-order valence-electron chi connectivity index (χ4n) is 3.95. The molecule has 0 aliphatic carbocycles. The average molecular weight is 393 g/mol. The van der Waals surface area contributed by atoms with Gasteiger partial charge in [-0.2, -0.15) is 0 Å². The third-order valence-electron chi connectivity index (χ3n) is 5.45. The summed E-state index contributed by atoms with van der Waals surface area (Å²) >= 11 is 0. The molecule has 1 heterocycles. The summed E-state index contributed by atoms with van der Waals surface area (Å²) in [5.41, 5.74) is 2.62. The Kier molecular flexibility index (Phi) is 5.30. The van der Waals surface area contributed by atoms with Crippen LogP contribution in [0.4, 0.5) is 14.5 Å². The molecule has 3 nitrogen and oxygen atoms in total. The topological polar surface area (TPSA) is 40.5 Å². The number of anilines is 1. The number of carbonyl (C=O) groups is 1. The zero-order valence-electron chi connectivity index (χ0n) is 15.8. The number of phenolic OH excluding ortho intramolecular Hbond substituents is 1. The predicted molar refractivity (Wildman–Crippen MR) is 108 cm³/mol. The minimum absolute atomic E-state index is 0.00814. The molecule has 0 saturated carbocycles. The van der Waals surface area contributed by atoms with Crippen LogP contribution in [0.25, 0.3) is 0 Å². The molecule has 1 saturated heterocycles. The molecule has 0 bridgehead atoms. The average Bonchev–Trinajstić information content (AvgIpc) is 2.72. The SMILES string of the molecule is O=C1C(CCCc2ccc(F)cc2)C(c2ccc(O)cc2)N1c1ccc(F)cc1. The van der Waals surface area contributed by atoms with Gasteiger partial charge in [0.05, 0.1) is 12.0 Å². The number of halogens is 2. The van der Waals surface area contributed by atoms with E-state index in [2.05, 4.69) is 0 Å². The van der Waals surface area contributed by atoms with E-state index in [4.69, 9.17) is 0 Å². The highest BCUT2D eigenvalue weighted by atomic mass is 19.1. The molecule has 3 aromatic carbocycles. The second kappa shape index (κ2) is 8.03. The summed E-state index contributed by atoms with van der Waals surface area (Å²) in [6.07, 6.45) is 2.26. The van der Waals surface area contributed by atoms with Crippen molar-refractivity contribution in [2.45, 2.75) is 25.3 Å². The Hall–Kier alpha value is -3.21. The minimum Gasteiger partial charge on any atom is -0.508 e. The third kappa shape index (κ3) is 3.99. The first-order chi connectivity index (χ1) is 14.0. The molecule has 0 radical (unpaired) electrons. The summed E-state index contributed by atoms with van der Waals surface area (Å²) in [6, 6.07) is 19.0. The van der Waals surface area contributed by atoms with Gasteiger partial charge in [0, 0.05) is 5.69 Å². The van der Waals surface area contributed by atoms with E-state index in [-0.39, 0.29) is 35.3 Å². The number of aromatic hydroxyl groups is 1. The van der Waals surface area contributed by atoms with Gasteiger partial charge in [-0.05, 0) is 78.9 Å². The van der Waals surface area contributed by atoms with Gasteiger partial charge in [-0.15, -0.1) is 0 Å². The van der Waals surface area contributed by atoms with Crippen molar-refractivity contribution in [1.29, 1.82) is 0 Å². The van der Waals surface area contributed by atoms with Crippen LogP contribution in [0.15, 0.2) is 72.8 Å². The highest BCUT2D eigenvalue weighted by Crippen LogP contribution is 2.45. The third-order valence-corrected chi connectivity index (χ3v) is 5.45. The number of amides is 1. The molecule has 5 heteroatoms. The van der Waals surface area contributed by atoms with Crippen LogP contribution in [-0.2, 0) is 11.2 Å². The van der Waals surface area contributed by atoms with Crippen LogP contribution >= 0.6 is 0 Å². The van der Waals surface area contributed by atoms with E-state index in [9.17, 15) is 18.7 Å². The van der Waals surface area contributed by atoms with Crippen molar-refractivity contribution in [2.75, 3.05) is 4.90 Å². The van der Waals surface area contributed by atoms with Gasteiger partial charge in [0.2, 0.25) is 5.91 Å². The van der Waals surface area contributed by atoms with E-state index in [1.165, 1.54) is 24.3 Å². The largest absolute Gasteiger partial charge is 0.508 e. The number of β-lactam (4-membered cyclic amide) rings is 1. The standard InChI is InChI=1S/C24H21F2NO2/c25-18-8-4-16(5-9-18)2-1-3-22-23(17-6-14-21(28)15-7-17)27(24(22)29)20-12-10-19(26)11-13-20/h4-15,22-23,28H,1-3H2. The molecular formula is C24H21F2NO2. The summed E-state index contributed by atoms with van der Waals surface area (Å²) in [4.78, 5) is 14.6. The summed E-state index contributed by atoms with van der Waals surface area (Å²) in [5.74, 6) is -0.622. The quantitative estimate of drug-likeness (QED) is 0.570. The Morgan fingerprint density at radius 2 is 1.41 bits per heavy atom. The summed E-state index contributed by atoms with van der Waals surface area (Å²) < 4.78 is 26.4. The molecule has 2 unspecified atom stereocenters. The Labute approximate surface area is 168 Å². The number of rotatable bonds is 6. The van der Waals surface area contributed by atoms with Crippen molar-refractivity contribution in [1.82, 2.24) is 0 Å². The van der Waals surface area contributed by atoms with Crippen LogP contribution in [-0.4, -0.2) is 11.0 Å². The number of benzene rings is 3. The molecule has 1 fully saturated rings. The normalized spacial score (nSPS) is 18.6. The highest BCUT2D eigenvalue weighted by Gasteiger charge is 2.48. The fraction of sp³-hybridized carbons (Fsp3) is 0.208. The van der Waals surface area contributed by atoms with Crippen LogP contribution < -0.4 is 4.90 Å². The number of phenols is 1. The molecule has 1 aliphatic rings. The van der Waals surface area contributed by atoms with Gasteiger partial charge in [-0.25, -0.2) is 8.78 Å². The van der Waals surface area contributed by atoms with Crippen molar-refractivity contribution in [2.24, 2.45) is 5.92 Å². The molecule has 1 amide bonds. The smallest absolute Gasteiger partial charge is 0.233 e. The Morgan fingerprint density at radius 1 is 0.828 bits per heavy atom. The molecule has 29 heavy (non-hydrogen) atoms. The Bertz CT molecular complexity index is 985. The van der Waals surface area contributed by atoms with Gasteiger partial charge in [0.1, 0.15) is 17.4 Å². The van der Waals surface area contributed by atoms with Crippen LogP contribution in [0.2, 0.25) is 0 Å². The van der Waals surface area contributed by atoms with Crippen molar-refractivity contribution < 1.29 is 18.7 Å². The van der Waals surface area contributed by atoms with Crippen molar-refractivity contribution in [3.05, 3.63) is 95.6 Å². The van der Waals surface area contributed by atoms with Crippen LogP contribution in [0.1, 0.15) is 30.0 Å². The number of aryl methyl sites for hydroxylation is 1. The van der Waals surface area contributed by atoms with Gasteiger partial charge in [-0.3, -0.25) is 4.79 Å². The number of hydrogen-bond acceptors (Lipinski definition) is 2. The van der Waals surface area contributed by atoms with E-state index < -0.39 is 0 Å². The van der Waals surface area contributed by atoms with Crippen molar-refractivity contribution in [3.8, 4) is 5.75 Å². The Balaban J connectivity index is 1.52. The maximum atomic E-state index is 13.3. The lowest BCUT2D eigenvalue weighted by Crippen LogP contribution is -2.55. The van der Waals surface area contributed by atoms with Gasteiger partial charge >= 0.3 is 0 Å². The van der Waals surface area contributed by atoms with Gasteiger partial charge in [0.15, 0.2) is 0 Å². The monoisotopic (exact) mass is 393 g/mol. The first-order valence-corrected chi connectivity index (χ1v) is 9.65. The fourth-order valence-corrected chi connectivity index (χ4v) is 3.95. The van der Waals surface area contributed by atoms with Crippen molar-refractivity contribution in [3.63, 3.8) is 0 Å². The lowest BCUT2D eigenvalue weighted by Gasteiger charge is -2.47. The molecule has 0 aromatic heterocycles. The number of carbonyl (C=O) groups excluding carboxylic acids is 1. The van der Waals surface area contributed by atoms with E-state index in [1.54, 1.807) is 41.3 Å². The predicted octanol–water partition coefficient (Wildman–Crippen LogP) is 5.40. The molecule has 2 atom stereocenters. The molecule has 0 spiro atoms. The van der Waals surface area contributed by atoms with E-state index >= 15 is 0 Å². The molecule has 1 aliphatic heterocycles. The molecular weight excluding hydrogens is 372 g/mol. The summed E-state index contributed by atoms with van der Waals surface area (Å²) in [7, 11) is 0. The van der Waals surface area contributed by atoms with Gasteiger partial charge < -0.3 is 10.0 Å². The first-order valence-electron chi connectivity index (χ1n) is 9.65. The minimum atomic E-state index is -0.348. The molecule has 3 aromatic rings. The zero-order valence-corrected chi connectivity index (χ0v) is 15.8. The number of nitrogens with zero attached hydrogens (tertiary/aromatic N) is 1. The highest BCUT2D eigenvalue weighted by molar-refractivity contribution is 6.03. The van der Waals surface area contributed by atoms with E-state index in [1.807, 2.05) is 12.1 Å². The summed E-state index contributed by atoms with van der Waals surface area (Å²) in [5, 5.41) is 9.60. The maximum Gasteiger partial charge on any atom is 0.233 e. The lowest BCUT2D eigenvalue weighted by atomic mass is 9.78. The van der Waals surface area contributed by atoms with Gasteiger partial charge in [-0.1, -0.05) is 24.3 Å². The first kappa shape index (κ1) is 19.1. The van der Waals surface area contributed by atoms with Crippen LogP contribution in [0.5, 0.6) is 5.75 Å². The maximum absolute atomic E-state index is 13.3. The van der Waals surface area contributed by atoms with E-state index in [0.29, 0.717) is 12.1 Å². The lowest BCUT2D eigenvalue weighted by molar-refractivity contribution is -0.130. The van der Waals surface area contributed by atoms with Gasteiger partial charge in [0.25, 0.3) is 0 Å². The van der Waals surface area contributed by atoms with E-state index in [0.717, 1.165) is 24.0 Å². The van der Waals surface area contributed by atoms with Crippen molar-refractivity contribution >= 4 is 11.6 Å². The zero-order chi connectivity index (χ0) is 20.4. The van der Waals surface area contributed by atoms with Crippen LogP contribution in [0.3, 0.4) is 0 Å². The second-order valence-electron chi connectivity index (χ2n) is 7.35. The van der Waals surface area contributed by atoms with Crippen LogP contribution in [0, 0.1) is 17.6 Å². The molecule has 4 rings (SSSR count). The molecule has 148 valence electrons. The second-order valence-corrected chi connectivity index (χ2v) is 7.35. The Morgan fingerprint density at radius 3 is 2.03 bits per heavy atom. The number of hydrogen-bond donors (Lipinski definition) is 1.